The van der Waals surface area contributed by atoms with Crippen LogP contribution in [0.3, 0.4) is 0 Å². The second kappa shape index (κ2) is 15.2. The summed E-state index contributed by atoms with van der Waals surface area (Å²) < 4.78 is 0. The number of carbonyl (C=O) groups excluding carboxylic acids is 5. The number of carboxylic acid groups (broad SMARTS) is 1. The van der Waals surface area contributed by atoms with E-state index in [4.69, 9.17) is 17.2 Å². The molecule has 1 aromatic rings. The molecule has 204 valence electrons. The van der Waals surface area contributed by atoms with Gasteiger partial charge in [-0.15, -0.1) is 0 Å². The first-order valence-electron chi connectivity index (χ1n) is 11.5. The van der Waals surface area contributed by atoms with Gasteiger partial charge >= 0.3 is 5.97 Å². The number of benzene rings is 1. The van der Waals surface area contributed by atoms with E-state index in [9.17, 15) is 39.0 Å². The predicted octanol–water partition coefficient (Wildman–Crippen LogP) is -2.99. The van der Waals surface area contributed by atoms with Crippen molar-refractivity contribution >= 4 is 35.5 Å². The lowest BCUT2D eigenvalue weighted by Gasteiger charge is -2.25. The molecule has 5 unspecified atom stereocenters. The normalized spacial score (nSPS) is 14.8. The molecule has 0 fully saturated rings. The van der Waals surface area contributed by atoms with Gasteiger partial charge in [-0.3, -0.25) is 24.0 Å². The van der Waals surface area contributed by atoms with Crippen molar-refractivity contribution in [3.8, 4) is 0 Å². The molecule has 37 heavy (non-hydrogen) atoms. The number of aliphatic carboxylic acids is 1. The second-order valence-corrected chi connectivity index (χ2v) is 8.49. The monoisotopic (exact) mass is 522 g/mol. The zero-order chi connectivity index (χ0) is 28.1. The van der Waals surface area contributed by atoms with E-state index in [1.165, 1.54) is 0 Å². The highest BCUT2D eigenvalue weighted by atomic mass is 16.4. The Morgan fingerprint density at radius 2 is 1.27 bits per heavy atom. The Kier molecular flexibility index (Phi) is 12.7. The standard InChI is InChI=1S/C23H34N6O8/c1-12(30)19(23(36)37)29-22(35)16(8-10-18(26)32)28-21(34)15(7-9-17(25)31)27-20(33)14(24)11-13-5-3-2-4-6-13/h2-6,12,14-16,19,30H,7-11,24H2,1H3,(H2,25,31)(H2,26,32)(H,27,33)(H,28,34)(H,29,35)(H,36,37). The molecule has 5 atom stereocenters. The third kappa shape index (κ3) is 11.5. The maximum Gasteiger partial charge on any atom is 0.328 e. The zero-order valence-electron chi connectivity index (χ0n) is 20.4. The van der Waals surface area contributed by atoms with Crippen molar-refractivity contribution in [1.82, 2.24) is 16.0 Å². The van der Waals surface area contributed by atoms with Gasteiger partial charge in [-0.05, 0) is 31.7 Å². The number of hydrogen-bond donors (Lipinski definition) is 8. The van der Waals surface area contributed by atoms with E-state index < -0.39 is 65.8 Å². The van der Waals surface area contributed by atoms with Crippen LogP contribution in [0.5, 0.6) is 0 Å². The zero-order valence-corrected chi connectivity index (χ0v) is 20.4. The van der Waals surface area contributed by atoms with Crippen molar-refractivity contribution in [3.63, 3.8) is 0 Å². The van der Waals surface area contributed by atoms with Crippen LogP contribution in [0.15, 0.2) is 30.3 Å². The second-order valence-electron chi connectivity index (χ2n) is 8.49. The van der Waals surface area contributed by atoms with Crippen molar-refractivity contribution in [1.29, 1.82) is 0 Å². The van der Waals surface area contributed by atoms with Crippen LogP contribution in [0, 0.1) is 0 Å². The van der Waals surface area contributed by atoms with E-state index in [1.54, 1.807) is 30.3 Å². The molecule has 14 nitrogen and oxygen atoms in total. The van der Waals surface area contributed by atoms with Crippen molar-refractivity contribution in [3.05, 3.63) is 35.9 Å². The molecule has 1 rings (SSSR count). The van der Waals surface area contributed by atoms with E-state index >= 15 is 0 Å². The topological polar surface area (TPSA) is 257 Å². The van der Waals surface area contributed by atoms with Gasteiger partial charge in [-0.1, -0.05) is 30.3 Å². The molecule has 14 heteroatoms. The van der Waals surface area contributed by atoms with Gasteiger partial charge < -0.3 is 43.4 Å². The van der Waals surface area contributed by atoms with Gasteiger partial charge in [0.1, 0.15) is 12.1 Å². The van der Waals surface area contributed by atoms with E-state index in [0.717, 1.165) is 12.5 Å². The quantitative estimate of drug-likeness (QED) is 0.110. The maximum absolute atomic E-state index is 13.0. The summed E-state index contributed by atoms with van der Waals surface area (Å²) in [5.41, 5.74) is 17.0. The van der Waals surface area contributed by atoms with Crippen LogP contribution < -0.4 is 33.2 Å². The number of amides is 5. The number of nitrogens with one attached hydrogen (secondary N) is 3. The van der Waals surface area contributed by atoms with Crippen molar-refractivity contribution in [2.45, 2.75) is 69.3 Å². The van der Waals surface area contributed by atoms with Crippen LogP contribution >= 0.6 is 0 Å². The molecule has 0 aliphatic rings. The molecule has 5 amide bonds. The summed E-state index contributed by atoms with van der Waals surface area (Å²) in [5.74, 6) is -5.68. The Labute approximate surface area is 213 Å². The summed E-state index contributed by atoms with van der Waals surface area (Å²) >= 11 is 0. The molecule has 0 heterocycles. The molecule has 0 spiro atoms. The molecular formula is C23H34N6O8. The Hall–Kier alpha value is -4.04. The number of carboxylic acids is 1. The van der Waals surface area contributed by atoms with Crippen LogP contribution in [0.25, 0.3) is 0 Å². The molecule has 0 aromatic heterocycles. The highest BCUT2D eigenvalue weighted by Crippen LogP contribution is 2.06. The fourth-order valence-corrected chi connectivity index (χ4v) is 3.27. The van der Waals surface area contributed by atoms with Crippen molar-refractivity contribution < 1.29 is 39.0 Å². The van der Waals surface area contributed by atoms with Gasteiger partial charge in [0.15, 0.2) is 6.04 Å². The first kappa shape index (κ1) is 31.0. The molecule has 0 saturated heterocycles. The number of primary amides is 2. The average molecular weight is 523 g/mol. The van der Waals surface area contributed by atoms with E-state index in [1.807, 2.05) is 0 Å². The minimum atomic E-state index is -1.69. The molecule has 0 aliphatic heterocycles. The molecule has 0 bridgehead atoms. The van der Waals surface area contributed by atoms with Crippen molar-refractivity contribution in [2.75, 3.05) is 0 Å². The van der Waals surface area contributed by atoms with Gasteiger partial charge in [0.2, 0.25) is 29.5 Å². The Bertz CT molecular complexity index is 971. The number of rotatable bonds is 16. The van der Waals surface area contributed by atoms with Crippen LogP contribution in [0.2, 0.25) is 0 Å². The molecular weight excluding hydrogens is 488 g/mol. The summed E-state index contributed by atoms with van der Waals surface area (Å²) in [7, 11) is 0. The smallest absolute Gasteiger partial charge is 0.328 e. The third-order valence-electron chi connectivity index (χ3n) is 5.31. The van der Waals surface area contributed by atoms with Crippen LogP contribution in [0.1, 0.15) is 38.2 Å². The molecule has 0 aliphatic carbocycles. The fraction of sp³-hybridized carbons (Fsp3) is 0.478. The highest BCUT2D eigenvalue weighted by molar-refractivity contribution is 5.94. The Morgan fingerprint density at radius 1 is 0.811 bits per heavy atom. The minimum Gasteiger partial charge on any atom is -0.480 e. The van der Waals surface area contributed by atoms with Gasteiger partial charge in [0, 0.05) is 12.8 Å². The van der Waals surface area contributed by atoms with Gasteiger partial charge in [0.05, 0.1) is 12.1 Å². The SMILES string of the molecule is CC(O)C(NC(=O)C(CCC(N)=O)NC(=O)C(CCC(N)=O)NC(=O)C(N)Cc1ccccc1)C(=O)O. The van der Waals surface area contributed by atoms with Crippen molar-refractivity contribution in [2.24, 2.45) is 17.2 Å². The van der Waals surface area contributed by atoms with E-state index in [0.29, 0.717) is 0 Å². The maximum atomic E-state index is 13.0. The number of aliphatic hydroxyl groups excluding tert-OH is 1. The fourth-order valence-electron chi connectivity index (χ4n) is 3.27. The summed E-state index contributed by atoms with van der Waals surface area (Å²) in [5, 5.41) is 25.7. The number of carbonyl (C=O) groups is 6. The number of nitrogens with two attached hydrogens (primary N) is 3. The third-order valence-corrected chi connectivity index (χ3v) is 5.31. The van der Waals surface area contributed by atoms with Gasteiger partial charge in [0.25, 0.3) is 0 Å². The lowest BCUT2D eigenvalue weighted by atomic mass is 10.0. The van der Waals surface area contributed by atoms with Crippen LogP contribution in [-0.4, -0.2) is 76.0 Å². The summed E-state index contributed by atoms with van der Waals surface area (Å²) in [6.45, 7) is 1.14. The Balaban J connectivity index is 3.02. The van der Waals surface area contributed by atoms with E-state index in [2.05, 4.69) is 16.0 Å². The summed E-state index contributed by atoms with van der Waals surface area (Å²) in [6.07, 6.45) is -2.46. The summed E-state index contributed by atoms with van der Waals surface area (Å²) in [6, 6.07) is 3.35. The number of aliphatic hydroxyl groups is 1. The van der Waals surface area contributed by atoms with E-state index in [-0.39, 0.29) is 32.1 Å². The van der Waals surface area contributed by atoms with Gasteiger partial charge in [-0.2, -0.15) is 0 Å². The average Bonchev–Trinajstić information content (AvgIpc) is 2.82. The first-order valence-corrected chi connectivity index (χ1v) is 11.5. The highest BCUT2D eigenvalue weighted by Gasteiger charge is 2.32. The van der Waals surface area contributed by atoms with Crippen LogP contribution in [0.4, 0.5) is 0 Å². The number of hydrogen-bond acceptors (Lipinski definition) is 8. The molecule has 11 N–H and O–H groups in total. The van der Waals surface area contributed by atoms with Crippen LogP contribution in [-0.2, 0) is 35.2 Å². The summed E-state index contributed by atoms with van der Waals surface area (Å²) in [4.78, 5) is 72.3. The largest absolute Gasteiger partial charge is 0.480 e. The lowest BCUT2D eigenvalue weighted by molar-refractivity contribution is -0.145. The van der Waals surface area contributed by atoms with Gasteiger partial charge in [-0.25, -0.2) is 4.79 Å². The Morgan fingerprint density at radius 3 is 1.70 bits per heavy atom. The lowest BCUT2D eigenvalue weighted by Crippen LogP contribution is -2.58. The minimum absolute atomic E-state index is 0.163. The predicted molar refractivity (Wildman–Crippen MR) is 130 cm³/mol. The molecule has 0 saturated carbocycles. The first-order chi connectivity index (χ1) is 17.3. The molecule has 0 radical (unpaired) electrons. The molecule has 1 aromatic carbocycles.